The van der Waals surface area contributed by atoms with Crippen LogP contribution in [0, 0.1) is 13.8 Å². The van der Waals surface area contributed by atoms with Gasteiger partial charge in [0.2, 0.25) is 0 Å². The number of nitrogens with two attached hydrogens (primary N) is 1. The topological polar surface area (TPSA) is 35.2 Å². The molecule has 0 heterocycles. The van der Waals surface area contributed by atoms with E-state index >= 15 is 0 Å². The van der Waals surface area contributed by atoms with Crippen LogP contribution in [0.1, 0.15) is 69.1 Å². The van der Waals surface area contributed by atoms with Gasteiger partial charge < -0.3 is 10.5 Å². The molecule has 0 aliphatic heterocycles. The van der Waals surface area contributed by atoms with Gasteiger partial charge >= 0.3 is 0 Å². The van der Waals surface area contributed by atoms with Crippen LogP contribution in [-0.4, -0.2) is 12.6 Å². The van der Waals surface area contributed by atoms with E-state index in [0.717, 1.165) is 25.2 Å². The van der Waals surface area contributed by atoms with Crippen molar-refractivity contribution in [3.63, 3.8) is 0 Å². The molecule has 1 aromatic carbocycles. The van der Waals surface area contributed by atoms with Crippen LogP contribution < -0.4 is 10.5 Å². The summed E-state index contributed by atoms with van der Waals surface area (Å²) in [6.45, 7) is 11.7. The molecule has 0 amide bonds. The van der Waals surface area contributed by atoms with Crippen molar-refractivity contribution in [2.45, 2.75) is 72.3 Å². The van der Waals surface area contributed by atoms with Crippen molar-refractivity contribution in [2.24, 2.45) is 5.73 Å². The summed E-state index contributed by atoms with van der Waals surface area (Å²) in [5, 5.41) is 0. The van der Waals surface area contributed by atoms with Crippen LogP contribution in [0.3, 0.4) is 0 Å². The Bertz CT molecular complexity index is 412. The first-order valence-corrected chi connectivity index (χ1v) is 7.99. The standard InChI is InChI=1S/C18H31NO/c1-6-12-20-18-11-10-17(14(4)15(18)5)16(7-2)9-8-13(3)19/h10-11,13,16H,6-9,12,19H2,1-5H3. The third-order valence-corrected chi connectivity index (χ3v) is 4.14. The van der Waals surface area contributed by atoms with Crippen molar-refractivity contribution in [1.29, 1.82) is 0 Å². The van der Waals surface area contributed by atoms with E-state index in [9.17, 15) is 0 Å². The molecule has 114 valence electrons. The minimum Gasteiger partial charge on any atom is -0.493 e. The van der Waals surface area contributed by atoms with Gasteiger partial charge in [-0.15, -0.1) is 0 Å². The lowest BCUT2D eigenvalue weighted by Gasteiger charge is -2.21. The Morgan fingerprint density at radius 2 is 1.80 bits per heavy atom. The molecule has 0 aliphatic rings. The first-order chi connectivity index (χ1) is 9.51. The fourth-order valence-corrected chi connectivity index (χ4v) is 2.67. The molecule has 2 heteroatoms. The number of rotatable bonds is 8. The van der Waals surface area contributed by atoms with Crippen LogP contribution >= 0.6 is 0 Å². The van der Waals surface area contributed by atoms with Gasteiger partial charge in [0.05, 0.1) is 6.61 Å². The Labute approximate surface area is 124 Å². The summed E-state index contributed by atoms with van der Waals surface area (Å²) in [5.41, 5.74) is 10.0. The molecule has 1 aromatic rings. The van der Waals surface area contributed by atoms with E-state index in [1.165, 1.54) is 29.5 Å². The van der Waals surface area contributed by atoms with E-state index < -0.39 is 0 Å². The molecule has 0 bridgehead atoms. The van der Waals surface area contributed by atoms with Gasteiger partial charge in [0.25, 0.3) is 0 Å². The Morgan fingerprint density at radius 3 is 2.35 bits per heavy atom. The molecule has 0 aromatic heterocycles. The third kappa shape index (κ3) is 4.52. The lowest BCUT2D eigenvalue weighted by molar-refractivity contribution is 0.315. The Balaban J connectivity index is 2.91. The zero-order chi connectivity index (χ0) is 15.1. The Morgan fingerprint density at radius 1 is 1.10 bits per heavy atom. The normalized spacial score (nSPS) is 14.1. The van der Waals surface area contributed by atoms with Crippen LogP contribution in [0.5, 0.6) is 5.75 Å². The summed E-state index contributed by atoms with van der Waals surface area (Å²) in [5.74, 6) is 1.65. The van der Waals surface area contributed by atoms with Gasteiger partial charge in [-0.3, -0.25) is 0 Å². The molecule has 0 radical (unpaired) electrons. The molecule has 2 atom stereocenters. The zero-order valence-corrected chi connectivity index (χ0v) is 13.8. The minimum atomic E-state index is 0.289. The smallest absolute Gasteiger partial charge is 0.122 e. The first-order valence-electron chi connectivity index (χ1n) is 7.99. The predicted molar refractivity (Wildman–Crippen MR) is 87.6 cm³/mol. The molecule has 0 aliphatic carbocycles. The van der Waals surface area contributed by atoms with Crippen molar-refractivity contribution in [3.05, 3.63) is 28.8 Å². The van der Waals surface area contributed by atoms with Gasteiger partial charge in [-0.2, -0.15) is 0 Å². The maximum atomic E-state index is 5.90. The Hall–Kier alpha value is -1.02. The molecular weight excluding hydrogens is 246 g/mol. The monoisotopic (exact) mass is 277 g/mol. The summed E-state index contributed by atoms with van der Waals surface area (Å²) in [6.07, 6.45) is 4.48. The molecule has 0 saturated carbocycles. The lowest BCUT2D eigenvalue weighted by Crippen LogP contribution is -2.16. The molecular formula is C18H31NO. The van der Waals surface area contributed by atoms with Crippen LogP contribution in [-0.2, 0) is 0 Å². The van der Waals surface area contributed by atoms with E-state index in [2.05, 4.69) is 46.8 Å². The summed E-state index contributed by atoms with van der Waals surface area (Å²) in [6, 6.07) is 4.68. The second-order valence-corrected chi connectivity index (χ2v) is 5.91. The highest BCUT2D eigenvalue weighted by Crippen LogP contribution is 2.33. The highest BCUT2D eigenvalue weighted by Gasteiger charge is 2.15. The quantitative estimate of drug-likeness (QED) is 0.746. The average molecular weight is 277 g/mol. The third-order valence-electron chi connectivity index (χ3n) is 4.14. The average Bonchev–Trinajstić information content (AvgIpc) is 2.42. The summed E-state index contributed by atoms with van der Waals surface area (Å²) in [7, 11) is 0. The lowest BCUT2D eigenvalue weighted by atomic mass is 9.86. The highest BCUT2D eigenvalue weighted by molar-refractivity contribution is 5.45. The first kappa shape index (κ1) is 17.0. The number of benzene rings is 1. The maximum Gasteiger partial charge on any atom is 0.122 e. The van der Waals surface area contributed by atoms with Gasteiger partial charge in [0.15, 0.2) is 0 Å². The van der Waals surface area contributed by atoms with Crippen molar-refractivity contribution >= 4 is 0 Å². The van der Waals surface area contributed by atoms with E-state index in [1.807, 2.05) is 0 Å². The molecule has 2 unspecified atom stereocenters. The maximum absolute atomic E-state index is 5.90. The van der Waals surface area contributed by atoms with Gasteiger partial charge in [-0.05, 0) is 75.1 Å². The second-order valence-electron chi connectivity index (χ2n) is 5.91. The zero-order valence-electron chi connectivity index (χ0n) is 13.8. The summed E-state index contributed by atoms with van der Waals surface area (Å²) >= 11 is 0. The number of hydrogen-bond donors (Lipinski definition) is 1. The Kier molecular flexibility index (Phi) is 7.08. The van der Waals surface area contributed by atoms with Gasteiger partial charge in [0.1, 0.15) is 5.75 Å². The molecule has 0 spiro atoms. The van der Waals surface area contributed by atoms with Crippen LogP contribution in [0.25, 0.3) is 0 Å². The van der Waals surface area contributed by atoms with Crippen molar-refractivity contribution < 1.29 is 4.74 Å². The number of ether oxygens (including phenoxy) is 1. The molecule has 2 nitrogen and oxygen atoms in total. The highest BCUT2D eigenvalue weighted by atomic mass is 16.5. The minimum absolute atomic E-state index is 0.289. The summed E-state index contributed by atoms with van der Waals surface area (Å²) in [4.78, 5) is 0. The van der Waals surface area contributed by atoms with Crippen molar-refractivity contribution in [1.82, 2.24) is 0 Å². The van der Waals surface area contributed by atoms with Crippen LogP contribution in [0.15, 0.2) is 12.1 Å². The SMILES string of the molecule is CCCOc1ccc(C(CC)CCC(C)N)c(C)c1C. The fraction of sp³-hybridized carbons (Fsp3) is 0.667. The largest absolute Gasteiger partial charge is 0.493 e. The van der Waals surface area contributed by atoms with E-state index in [0.29, 0.717) is 5.92 Å². The molecule has 1 rings (SSSR count). The number of hydrogen-bond acceptors (Lipinski definition) is 2. The van der Waals surface area contributed by atoms with E-state index in [4.69, 9.17) is 10.5 Å². The predicted octanol–water partition coefficient (Wildman–Crippen LogP) is 4.71. The van der Waals surface area contributed by atoms with Crippen molar-refractivity contribution in [2.75, 3.05) is 6.61 Å². The fourth-order valence-electron chi connectivity index (χ4n) is 2.67. The molecule has 2 N–H and O–H groups in total. The van der Waals surface area contributed by atoms with Gasteiger partial charge in [-0.1, -0.05) is 19.9 Å². The molecule has 20 heavy (non-hydrogen) atoms. The van der Waals surface area contributed by atoms with Gasteiger partial charge in [-0.25, -0.2) is 0 Å². The molecule has 0 saturated heterocycles. The van der Waals surface area contributed by atoms with Crippen LogP contribution in [0.2, 0.25) is 0 Å². The van der Waals surface area contributed by atoms with E-state index in [-0.39, 0.29) is 6.04 Å². The van der Waals surface area contributed by atoms with Crippen molar-refractivity contribution in [3.8, 4) is 5.75 Å². The second kappa shape index (κ2) is 8.31. The molecule has 0 fully saturated rings. The van der Waals surface area contributed by atoms with Gasteiger partial charge in [0, 0.05) is 6.04 Å². The van der Waals surface area contributed by atoms with E-state index in [1.54, 1.807) is 0 Å². The summed E-state index contributed by atoms with van der Waals surface area (Å²) < 4.78 is 5.81. The van der Waals surface area contributed by atoms with Crippen LogP contribution in [0.4, 0.5) is 0 Å².